The molecule has 6 heteroatoms. The Morgan fingerprint density at radius 1 is 1.14 bits per heavy atom. The molecule has 1 aromatic heterocycles. The number of amides is 1. The van der Waals surface area contributed by atoms with E-state index in [1.165, 1.54) is 11.3 Å². The molecule has 1 aliphatic rings. The molecule has 2 heterocycles. The van der Waals surface area contributed by atoms with Crippen molar-refractivity contribution in [2.24, 2.45) is 0 Å². The molecule has 4 rings (SSSR count). The quantitative estimate of drug-likeness (QED) is 0.661. The molecule has 0 fully saturated rings. The van der Waals surface area contributed by atoms with E-state index >= 15 is 0 Å². The number of carbonyl (C=O) groups is 2. The summed E-state index contributed by atoms with van der Waals surface area (Å²) >= 11 is 1.36. The maximum atomic E-state index is 12.5. The average Bonchev–Trinajstić information content (AvgIpc) is 3.18. The predicted molar refractivity (Wildman–Crippen MR) is 107 cm³/mol. The van der Waals surface area contributed by atoms with E-state index in [1.54, 1.807) is 13.0 Å². The molecule has 5 nitrogen and oxygen atoms in total. The van der Waals surface area contributed by atoms with E-state index in [0.717, 1.165) is 27.3 Å². The summed E-state index contributed by atoms with van der Waals surface area (Å²) in [5, 5.41) is 2.78. The summed E-state index contributed by atoms with van der Waals surface area (Å²) in [7, 11) is 0. The lowest BCUT2D eigenvalue weighted by Crippen LogP contribution is -2.35. The highest BCUT2D eigenvalue weighted by molar-refractivity contribution is 7.17. The molecule has 2 aromatic carbocycles. The number of esters is 1. The smallest absolute Gasteiger partial charge is 0.349 e. The second-order valence-electron chi connectivity index (χ2n) is 6.50. The van der Waals surface area contributed by atoms with Crippen LogP contribution >= 0.6 is 11.3 Å². The Kier molecular flexibility index (Phi) is 5.12. The lowest BCUT2D eigenvalue weighted by molar-refractivity contribution is -0.129. The van der Waals surface area contributed by atoms with Crippen LogP contribution in [0.4, 0.5) is 0 Å². The molecule has 0 saturated heterocycles. The fourth-order valence-corrected chi connectivity index (χ4v) is 4.08. The summed E-state index contributed by atoms with van der Waals surface area (Å²) in [5.74, 6) is -0.0168. The van der Waals surface area contributed by atoms with Crippen molar-refractivity contribution in [3.8, 4) is 16.2 Å². The first kappa shape index (κ1) is 18.3. The number of ether oxygens (including phenoxy) is 2. The molecule has 1 atom stereocenters. The lowest BCUT2D eigenvalue weighted by atomic mass is 10.1. The van der Waals surface area contributed by atoms with Gasteiger partial charge in [0.05, 0.1) is 0 Å². The van der Waals surface area contributed by atoms with Crippen LogP contribution in [0.25, 0.3) is 10.4 Å². The predicted octanol–water partition coefficient (Wildman–Crippen LogP) is 4.17. The van der Waals surface area contributed by atoms with Crippen molar-refractivity contribution in [1.82, 2.24) is 5.32 Å². The molecule has 0 bridgehead atoms. The summed E-state index contributed by atoms with van der Waals surface area (Å²) < 4.78 is 11.1. The number of hydrogen-bond acceptors (Lipinski definition) is 5. The Bertz CT molecular complexity index is 1010. The largest absolute Gasteiger partial charge is 0.488 e. The molecule has 0 unspecified atom stereocenters. The summed E-state index contributed by atoms with van der Waals surface area (Å²) in [6.07, 6.45) is -0.876. The third kappa shape index (κ3) is 3.77. The van der Waals surface area contributed by atoms with Crippen LogP contribution in [0.15, 0.2) is 60.7 Å². The first-order valence-corrected chi connectivity index (χ1v) is 9.81. The summed E-state index contributed by atoms with van der Waals surface area (Å²) in [5.41, 5.74) is 2.91. The van der Waals surface area contributed by atoms with Gasteiger partial charge in [-0.15, -0.1) is 11.3 Å². The minimum Gasteiger partial charge on any atom is -0.488 e. The Labute approximate surface area is 166 Å². The number of nitrogens with one attached hydrogen (secondary N) is 1. The maximum Gasteiger partial charge on any atom is 0.349 e. The fourth-order valence-electron chi connectivity index (χ4n) is 3.00. The van der Waals surface area contributed by atoms with Gasteiger partial charge in [-0.05, 0) is 30.7 Å². The maximum absolute atomic E-state index is 12.5. The number of thiophene rings is 1. The zero-order valence-electron chi connectivity index (χ0n) is 15.3. The Balaban J connectivity index is 1.40. The molecular weight excluding hydrogens is 374 g/mol. The van der Waals surface area contributed by atoms with Gasteiger partial charge < -0.3 is 14.8 Å². The van der Waals surface area contributed by atoms with Crippen LogP contribution in [-0.2, 0) is 22.7 Å². The topological polar surface area (TPSA) is 64.6 Å². The van der Waals surface area contributed by atoms with Gasteiger partial charge in [0.2, 0.25) is 0 Å². The van der Waals surface area contributed by atoms with Crippen molar-refractivity contribution >= 4 is 23.2 Å². The molecule has 0 radical (unpaired) electrons. The second kappa shape index (κ2) is 7.86. The highest BCUT2D eigenvalue weighted by atomic mass is 32.1. The fraction of sp³-hybridized carbons (Fsp3) is 0.182. The van der Waals surface area contributed by atoms with E-state index < -0.39 is 12.1 Å². The van der Waals surface area contributed by atoms with Crippen molar-refractivity contribution < 1.29 is 19.1 Å². The zero-order valence-corrected chi connectivity index (χ0v) is 16.1. The van der Waals surface area contributed by atoms with Gasteiger partial charge >= 0.3 is 5.97 Å². The van der Waals surface area contributed by atoms with Gasteiger partial charge in [0.15, 0.2) is 6.10 Å². The Hall–Kier alpha value is -3.12. The standard InChI is InChI=1S/C22H19NO4S/c1-14(21(24)23-12-15-7-3-2-4-8-15)27-22(25)19-11-16-13-26-18-10-6-5-9-17(18)20(16)28-19/h2-11,14H,12-13H2,1H3,(H,23,24)/t14-/m0/s1. The molecular formula is C22H19NO4S. The van der Waals surface area contributed by atoms with Gasteiger partial charge in [0.1, 0.15) is 17.2 Å². The minimum atomic E-state index is -0.876. The Morgan fingerprint density at radius 3 is 2.71 bits per heavy atom. The van der Waals surface area contributed by atoms with Gasteiger partial charge in [-0.3, -0.25) is 4.79 Å². The zero-order chi connectivity index (χ0) is 19.5. The van der Waals surface area contributed by atoms with Crippen LogP contribution in [0, 0.1) is 0 Å². The van der Waals surface area contributed by atoms with Crippen molar-refractivity contribution in [2.45, 2.75) is 26.2 Å². The van der Waals surface area contributed by atoms with Crippen molar-refractivity contribution in [3.05, 3.63) is 76.7 Å². The van der Waals surface area contributed by atoms with E-state index in [2.05, 4.69) is 5.32 Å². The third-order valence-corrected chi connectivity index (χ3v) is 5.68. The van der Waals surface area contributed by atoms with Gasteiger partial charge in [0.25, 0.3) is 5.91 Å². The number of rotatable bonds is 5. The summed E-state index contributed by atoms with van der Waals surface area (Å²) in [6.45, 7) is 2.39. The van der Waals surface area contributed by atoms with E-state index in [4.69, 9.17) is 9.47 Å². The van der Waals surface area contributed by atoms with Crippen LogP contribution in [0.1, 0.15) is 27.7 Å². The van der Waals surface area contributed by atoms with Gasteiger partial charge in [0, 0.05) is 22.5 Å². The van der Waals surface area contributed by atoms with Gasteiger partial charge in [-0.1, -0.05) is 42.5 Å². The number of carbonyl (C=O) groups excluding carboxylic acids is 2. The number of benzene rings is 2. The molecule has 1 aliphatic heterocycles. The molecule has 142 valence electrons. The van der Waals surface area contributed by atoms with E-state index in [9.17, 15) is 9.59 Å². The number of hydrogen-bond donors (Lipinski definition) is 1. The summed E-state index contributed by atoms with van der Waals surface area (Å²) in [4.78, 5) is 26.2. The second-order valence-corrected chi connectivity index (χ2v) is 7.55. The number of fused-ring (bicyclic) bond motifs is 3. The Morgan fingerprint density at radius 2 is 1.89 bits per heavy atom. The van der Waals surface area contributed by atoms with Crippen LogP contribution in [-0.4, -0.2) is 18.0 Å². The highest BCUT2D eigenvalue weighted by Gasteiger charge is 2.25. The molecule has 3 aromatic rings. The highest BCUT2D eigenvalue weighted by Crippen LogP contribution is 2.42. The van der Waals surface area contributed by atoms with Crippen molar-refractivity contribution in [2.75, 3.05) is 0 Å². The van der Waals surface area contributed by atoms with Crippen LogP contribution in [0.2, 0.25) is 0 Å². The van der Waals surface area contributed by atoms with Gasteiger partial charge in [-0.25, -0.2) is 4.79 Å². The first-order valence-electron chi connectivity index (χ1n) is 8.99. The summed E-state index contributed by atoms with van der Waals surface area (Å²) in [6, 6.07) is 19.1. The van der Waals surface area contributed by atoms with E-state index in [0.29, 0.717) is 18.0 Å². The minimum absolute atomic E-state index is 0.327. The van der Waals surface area contributed by atoms with E-state index in [1.807, 2.05) is 54.6 Å². The lowest BCUT2D eigenvalue weighted by Gasteiger charge is -2.16. The number of para-hydroxylation sites is 1. The van der Waals surface area contributed by atoms with Crippen molar-refractivity contribution in [3.63, 3.8) is 0 Å². The molecule has 0 spiro atoms. The molecule has 0 saturated carbocycles. The molecule has 1 N–H and O–H groups in total. The monoisotopic (exact) mass is 393 g/mol. The van der Waals surface area contributed by atoms with Crippen LogP contribution in [0.3, 0.4) is 0 Å². The molecule has 0 aliphatic carbocycles. The van der Waals surface area contributed by atoms with E-state index in [-0.39, 0.29) is 5.91 Å². The molecule has 28 heavy (non-hydrogen) atoms. The van der Waals surface area contributed by atoms with Crippen LogP contribution in [0.5, 0.6) is 5.75 Å². The van der Waals surface area contributed by atoms with Crippen LogP contribution < -0.4 is 10.1 Å². The average molecular weight is 393 g/mol. The van der Waals surface area contributed by atoms with Crippen molar-refractivity contribution in [1.29, 1.82) is 0 Å². The SMILES string of the molecule is C[C@H](OC(=O)c1cc2c(s1)-c1ccccc1OC2)C(=O)NCc1ccccc1. The third-order valence-electron chi connectivity index (χ3n) is 4.49. The van der Waals surface area contributed by atoms with Gasteiger partial charge in [-0.2, -0.15) is 0 Å². The molecule has 1 amide bonds. The first-order chi connectivity index (χ1) is 13.6. The normalized spacial score (nSPS) is 12.9.